The Hall–Kier alpha value is -3.61. The lowest BCUT2D eigenvalue weighted by Crippen LogP contribution is -2.54. The maximum atomic E-state index is 13.0. The molecule has 33 heavy (non-hydrogen) atoms. The highest BCUT2D eigenvalue weighted by Crippen LogP contribution is 2.28. The van der Waals surface area contributed by atoms with Crippen LogP contribution in [-0.2, 0) is 16.0 Å². The van der Waals surface area contributed by atoms with Gasteiger partial charge in [0.1, 0.15) is 11.3 Å². The van der Waals surface area contributed by atoms with Crippen molar-refractivity contribution in [3.8, 4) is 5.75 Å². The zero-order valence-electron chi connectivity index (χ0n) is 17.5. The van der Waals surface area contributed by atoms with E-state index in [4.69, 9.17) is 27.9 Å². The van der Waals surface area contributed by atoms with Crippen LogP contribution >= 0.6 is 23.2 Å². The van der Waals surface area contributed by atoms with Crippen LogP contribution in [0.3, 0.4) is 0 Å². The van der Waals surface area contributed by atoms with E-state index in [9.17, 15) is 14.4 Å². The monoisotopic (exact) mass is 480 g/mol. The van der Waals surface area contributed by atoms with Gasteiger partial charge >= 0.3 is 6.03 Å². The highest BCUT2D eigenvalue weighted by atomic mass is 35.5. The van der Waals surface area contributed by atoms with Crippen molar-refractivity contribution < 1.29 is 19.1 Å². The zero-order valence-corrected chi connectivity index (χ0v) is 19.0. The normalized spacial score (nSPS) is 15.1. The molecule has 6 nitrogen and oxygen atoms in total. The molecule has 0 saturated carbocycles. The Kier molecular flexibility index (Phi) is 6.49. The number of anilines is 1. The predicted molar refractivity (Wildman–Crippen MR) is 128 cm³/mol. The minimum absolute atomic E-state index is 0.185. The molecule has 4 rings (SSSR count). The molecule has 1 aliphatic rings. The Labute approximate surface area is 200 Å². The first-order valence-electron chi connectivity index (χ1n) is 9.94. The van der Waals surface area contributed by atoms with Gasteiger partial charge in [0, 0.05) is 16.5 Å². The lowest BCUT2D eigenvalue weighted by molar-refractivity contribution is -0.122. The van der Waals surface area contributed by atoms with Gasteiger partial charge in [0.15, 0.2) is 0 Å². The molecular formula is C25H18Cl2N2O4. The molecule has 0 spiro atoms. The van der Waals surface area contributed by atoms with E-state index >= 15 is 0 Å². The minimum atomic E-state index is -0.836. The highest BCUT2D eigenvalue weighted by molar-refractivity contribution is 6.39. The molecule has 8 heteroatoms. The molecule has 1 saturated heterocycles. The van der Waals surface area contributed by atoms with E-state index < -0.39 is 17.8 Å². The summed E-state index contributed by atoms with van der Waals surface area (Å²) in [6.07, 6.45) is 1.97. The van der Waals surface area contributed by atoms with Crippen LogP contribution < -0.4 is 15.0 Å². The van der Waals surface area contributed by atoms with Crippen LogP contribution in [0.2, 0.25) is 10.0 Å². The maximum absolute atomic E-state index is 13.0. The third kappa shape index (κ3) is 4.77. The number of urea groups is 1. The van der Waals surface area contributed by atoms with Gasteiger partial charge in [0.05, 0.1) is 12.8 Å². The molecule has 0 aliphatic carbocycles. The smallest absolute Gasteiger partial charge is 0.335 e. The summed E-state index contributed by atoms with van der Waals surface area (Å²) >= 11 is 12.3. The molecule has 3 aromatic rings. The van der Waals surface area contributed by atoms with Crippen molar-refractivity contribution in [3.05, 3.63) is 99.0 Å². The molecule has 1 N–H and O–H groups in total. The van der Waals surface area contributed by atoms with Crippen molar-refractivity contribution in [2.75, 3.05) is 12.0 Å². The molecule has 1 heterocycles. The minimum Gasteiger partial charge on any atom is -0.496 e. The summed E-state index contributed by atoms with van der Waals surface area (Å²) in [6.45, 7) is 0. The standard InChI is InChI=1S/C25H18Cl2N2O4/c1-33-22-12-15(9-10-17(22)13-16-5-2-3-8-21(16)27)11-20-23(30)28-25(32)29(24(20)31)19-7-4-6-18(26)14-19/h2-12,14H,13H2,1H3,(H,28,30,32)/b20-11+. The van der Waals surface area contributed by atoms with E-state index in [0.717, 1.165) is 16.0 Å². The van der Waals surface area contributed by atoms with Gasteiger partial charge in [-0.15, -0.1) is 0 Å². The first kappa shape index (κ1) is 22.6. The lowest BCUT2D eigenvalue weighted by Gasteiger charge is -2.26. The van der Waals surface area contributed by atoms with E-state index in [1.54, 1.807) is 37.4 Å². The SMILES string of the molecule is COc1cc(/C=C2\C(=O)NC(=O)N(c3cccc(Cl)c3)C2=O)ccc1Cc1ccccc1Cl. The van der Waals surface area contributed by atoms with Gasteiger partial charge < -0.3 is 4.74 Å². The van der Waals surface area contributed by atoms with Gasteiger partial charge in [-0.25, -0.2) is 9.69 Å². The van der Waals surface area contributed by atoms with E-state index in [1.165, 1.54) is 12.1 Å². The van der Waals surface area contributed by atoms with Crippen LogP contribution in [0, 0.1) is 0 Å². The fourth-order valence-corrected chi connectivity index (χ4v) is 3.90. The van der Waals surface area contributed by atoms with Crippen molar-refractivity contribution in [2.45, 2.75) is 6.42 Å². The number of halogens is 2. The summed E-state index contributed by atoms with van der Waals surface area (Å²) in [6, 6.07) is 18.3. The molecular weight excluding hydrogens is 463 g/mol. The summed E-state index contributed by atoms with van der Waals surface area (Å²) in [5.74, 6) is -0.941. The summed E-state index contributed by atoms with van der Waals surface area (Å²) in [5, 5.41) is 3.21. The Morgan fingerprint density at radius 1 is 0.939 bits per heavy atom. The predicted octanol–water partition coefficient (Wildman–Crippen LogP) is 5.26. The van der Waals surface area contributed by atoms with Crippen molar-refractivity contribution in [1.29, 1.82) is 0 Å². The number of imide groups is 2. The third-order valence-electron chi connectivity index (χ3n) is 5.13. The Balaban J connectivity index is 1.67. The number of carbonyl (C=O) groups is 3. The van der Waals surface area contributed by atoms with Gasteiger partial charge in [0.2, 0.25) is 0 Å². The summed E-state index contributed by atoms with van der Waals surface area (Å²) in [5.41, 5.74) is 2.48. The molecule has 0 bridgehead atoms. The topological polar surface area (TPSA) is 75.7 Å². The summed E-state index contributed by atoms with van der Waals surface area (Å²) in [4.78, 5) is 38.7. The number of benzene rings is 3. The number of methoxy groups -OCH3 is 1. The Morgan fingerprint density at radius 3 is 2.45 bits per heavy atom. The number of nitrogens with one attached hydrogen (secondary N) is 1. The first-order valence-corrected chi connectivity index (χ1v) is 10.7. The molecule has 3 aromatic carbocycles. The van der Waals surface area contributed by atoms with Crippen molar-refractivity contribution in [2.24, 2.45) is 0 Å². The molecule has 0 atom stereocenters. The third-order valence-corrected chi connectivity index (χ3v) is 5.73. The number of amides is 4. The van der Waals surface area contributed by atoms with Crippen molar-refractivity contribution in [3.63, 3.8) is 0 Å². The molecule has 4 amide bonds. The number of barbiturate groups is 1. The molecule has 0 radical (unpaired) electrons. The fourth-order valence-electron chi connectivity index (χ4n) is 3.52. The lowest BCUT2D eigenvalue weighted by atomic mass is 10.0. The van der Waals surface area contributed by atoms with E-state index in [2.05, 4.69) is 5.32 Å². The zero-order chi connectivity index (χ0) is 23.5. The van der Waals surface area contributed by atoms with Crippen LogP contribution in [0.4, 0.5) is 10.5 Å². The molecule has 166 valence electrons. The van der Waals surface area contributed by atoms with Gasteiger partial charge in [-0.1, -0.05) is 59.6 Å². The molecule has 1 aliphatic heterocycles. The van der Waals surface area contributed by atoms with E-state index in [0.29, 0.717) is 27.8 Å². The second-order valence-corrected chi connectivity index (χ2v) is 8.12. The van der Waals surface area contributed by atoms with E-state index in [1.807, 2.05) is 30.3 Å². The van der Waals surface area contributed by atoms with Crippen molar-refractivity contribution >= 4 is 52.8 Å². The van der Waals surface area contributed by atoms with Gasteiger partial charge in [-0.3, -0.25) is 14.9 Å². The largest absolute Gasteiger partial charge is 0.496 e. The summed E-state index contributed by atoms with van der Waals surface area (Å²) in [7, 11) is 1.54. The highest BCUT2D eigenvalue weighted by Gasteiger charge is 2.36. The van der Waals surface area contributed by atoms with Crippen LogP contribution in [0.15, 0.2) is 72.3 Å². The average molecular weight is 481 g/mol. The average Bonchev–Trinajstić information content (AvgIpc) is 2.79. The summed E-state index contributed by atoms with van der Waals surface area (Å²) < 4.78 is 5.52. The fraction of sp³-hybridized carbons (Fsp3) is 0.0800. The molecule has 0 aromatic heterocycles. The number of hydrogen-bond donors (Lipinski definition) is 1. The van der Waals surface area contributed by atoms with Crippen LogP contribution in [0.25, 0.3) is 6.08 Å². The van der Waals surface area contributed by atoms with Gasteiger partial charge in [0.25, 0.3) is 11.8 Å². The van der Waals surface area contributed by atoms with Crippen LogP contribution in [-0.4, -0.2) is 25.0 Å². The second kappa shape index (κ2) is 9.48. The van der Waals surface area contributed by atoms with Crippen LogP contribution in [0.1, 0.15) is 16.7 Å². The number of hydrogen-bond acceptors (Lipinski definition) is 4. The number of rotatable bonds is 5. The molecule has 1 fully saturated rings. The van der Waals surface area contributed by atoms with Gasteiger partial charge in [-0.05, 0) is 53.1 Å². The van der Waals surface area contributed by atoms with Gasteiger partial charge in [-0.2, -0.15) is 0 Å². The number of carbonyl (C=O) groups excluding carboxylic acids is 3. The number of nitrogens with zero attached hydrogens (tertiary/aromatic N) is 1. The van der Waals surface area contributed by atoms with E-state index in [-0.39, 0.29) is 11.3 Å². The van der Waals surface area contributed by atoms with Crippen LogP contribution in [0.5, 0.6) is 5.75 Å². The number of ether oxygens (including phenoxy) is 1. The molecule has 0 unspecified atom stereocenters. The van der Waals surface area contributed by atoms with Crippen molar-refractivity contribution in [1.82, 2.24) is 5.32 Å². The Morgan fingerprint density at radius 2 is 1.73 bits per heavy atom. The quantitative estimate of drug-likeness (QED) is 0.399. The maximum Gasteiger partial charge on any atom is 0.335 e. The Bertz CT molecular complexity index is 1300. The first-order chi connectivity index (χ1) is 15.9. The second-order valence-electron chi connectivity index (χ2n) is 7.28.